The maximum absolute atomic E-state index is 8.21. The van der Waals surface area contributed by atoms with Crippen molar-refractivity contribution in [3.8, 4) is 0 Å². The van der Waals surface area contributed by atoms with E-state index in [-0.39, 0.29) is 0 Å². The fourth-order valence-corrected chi connectivity index (χ4v) is 2.59. The Bertz CT molecular complexity index is 677. The molecule has 0 atom stereocenters. The molecule has 1 N–H and O–H groups in total. The summed E-state index contributed by atoms with van der Waals surface area (Å²) >= 11 is 0. The first-order chi connectivity index (χ1) is 9.76. The van der Waals surface area contributed by atoms with E-state index in [1.807, 2.05) is 22.9 Å². The van der Waals surface area contributed by atoms with E-state index < -0.39 is 0 Å². The minimum atomic E-state index is 0.469. The summed E-state index contributed by atoms with van der Waals surface area (Å²) in [5.74, 6) is 1.07. The predicted octanol–water partition coefficient (Wildman–Crippen LogP) is 3.66. The third-order valence-electron chi connectivity index (χ3n) is 3.81. The third-order valence-corrected chi connectivity index (χ3v) is 3.81. The Hall–Kier alpha value is -1.97. The average molecular weight is 268 g/mol. The number of hydrogen-bond acceptors (Lipinski definition) is 3. The van der Waals surface area contributed by atoms with Crippen molar-refractivity contribution in [1.29, 1.82) is 5.41 Å². The molecule has 1 saturated carbocycles. The molecule has 1 aliphatic carbocycles. The number of allylic oxidation sites excluding steroid dienone is 2. The zero-order valence-corrected chi connectivity index (χ0v) is 12.1. The van der Waals surface area contributed by atoms with Gasteiger partial charge >= 0.3 is 0 Å². The molecule has 0 radical (unpaired) electrons. The monoisotopic (exact) mass is 268 g/mol. The van der Waals surface area contributed by atoms with Gasteiger partial charge in [0.25, 0.3) is 0 Å². The van der Waals surface area contributed by atoms with Crippen LogP contribution in [0.15, 0.2) is 24.7 Å². The van der Waals surface area contributed by atoms with Crippen LogP contribution < -0.4 is 0 Å². The quantitative estimate of drug-likeness (QED) is 0.679. The van der Waals surface area contributed by atoms with E-state index in [0.29, 0.717) is 11.8 Å². The molecule has 4 heteroatoms. The van der Waals surface area contributed by atoms with Crippen molar-refractivity contribution in [2.24, 2.45) is 0 Å². The molecule has 0 amide bonds. The average Bonchev–Trinajstić information content (AvgIpc) is 3.24. The van der Waals surface area contributed by atoms with Crippen LogP contribution in [-0.4, -0.2) is 20.4 Å². The summed E-state index contributed by atoms with van der Waals surface area (Å²) in [6, 6.07) is 0. The lowest BCUT2D eigenvalue weighted by molar-refractivity contribution is 1.01. The molecule has 3 rings (SSSR count). The SMILES string of the molecule is CC/C=C/C(=N)n1cc(CC)c2c(C3CC3)ncnc21. The van der Waals surface area contributed by atoms with Crippen LogP contribution in [0.1, 0.15) is 50.3 Å². The highest BCUT2D eigenvalue weighted by atomic mass is 15.1. The molecule has 0 unspecified atom stereocenters. The van der Waals surface area contributed by atoms with E-state index in [1.165, 1.54) is 29.5 Å². The van der Waals surface area contributed by atoms with Crippen LogP contribution >= 0.6 is 0 Å². The number of nitrogens with zero attached hydrogens (tertiary/aromatic N) is 3. The number of fused-ring (bicyclic) bond motifs is 1. The van der Waals surface area contributed by atoms with Gasteiger partial charge in [-0.1, -0.05) is 19.9 Å². The van der Waals surface area contributed by atoms with Gasteiger partial charge in [0.2, 0.25) is 0 Å². The van der Waals surface area contributed by atoms with Gasteiger partial charge in [-0.15, -0.1) is 0 Å². The fourth-order valence-electron chi connectivity index (χ4n) is 2.59. The molecule has 1 aliphatic rings. The van der Waals surface area contributed by atoms with Crippen molar-refractivity contribution in [3.05, 3.63) is 35.9 Å². The standard InChI is InChI=1S/C16H20N4/c1-3-5-6-13(17)20-9-11(4-2)14-15(12-7-8-12)18-10-19-16(14)20/h5-6,9-10,12,17H,3-4,7-8H2,1-2H3/b6-5+,17-13?. The summed E-state index contributed by atoms with van der Waals surface area (Å²) in [4.78, 5) is 8.93. The minimum absolute atomic E-state index is 0.469. The second kappa shape index (κ2) is 5.19. The van der Waals surface area contributed by atoms with Crippen LogP contribution in [0.3, 0.4) is 0 Å². The second-order valence-corrected chi connectivity index (χ2v) is 5.31. The largest absolute Gasteiger partial charge is 0.286 e. The van der Waals surface area contributed by atoms with Crippen molar-refractivity contribution in [2.75, 3.05) is 0 Å². The zero-order chi connectivity index (χ0) is 14.1. The minimum Gasteiger partial charge on any atom is -0.286 e. The maximum Gasteiger partial charge on any atom is 0.149 e. The predicted molar refractivity (Wildman–Crippen MR) is 81.4 cm³/mol. The smallest absolute Gasteiger partial charge is 0.149 e. The molecule has 0 bridgehead atoms. The topological polar surface area (TPSA) is 54.6 Å². The summed E-state index contributed by atoms with van der Waals surface area (Å²) in [5, 5.41) is 9.39. The van der Waals surface area contributed by atoms with E-state index in [4.69, 9.17) is 5.41 Å². The molecule has 0 spiro atoms. The van der Waals surface area contributed by atoms with E-state index >= 15 is 0 Å². The lowest BCUT2D eigenvalue weighted by Crippen LogP contribution is -2.07. The molecule has 0 aromatic carbocycles. The number of aryl methyl sites for hydroxylation is 1. The highest BCUT2D eigenvalue weighted by Gasteiger charge is 2.29. The first-order valence-electron chi connectivity index (χ1n) is 7.36. The van der Waals surface area contributed by atoms with Gasteiger partial charge in [0.15, 0.2) is 0 Å². The summed E-state index contributed by atoms with van der Waals surface area (Å²) in [6.45, 7) is 4.22. The summed E-state index contributed by atoms with van der Waals surface area (Å²) in [5.41, 5.74) is 3.31. The van der Waals surface area contributed by atoms with Gasteiger partial charge in [0.1, 0.15) is 17.8 Å². The Kier molecular flexibility index (Phi) is 3.38. The number of aromatic nitrogens is 3. The molecule has 2 heterocycles. The van der Waals surface area contributed by atoms with Gasteiger partial charge in [-0.05, 0) is 37.3 Å². The lowest BCUT2D eigenvalue weighted by Gasteiger charge is -2.03. The van der Waals surface area contributed by atoms with E-state index in [0.717, 1.165) is 18.5 Å². The molecule has 104 valence electrons. The molecule has 0 aliphatic heterocycles. The van der Waals surface area contributed by atoms with Crippen LogP contribution in [0.2, 0.25) is 0 Å². The van der Waals surface area contributed by atoms with Crippen molar-refractivity contribution in [1.82, 2.24) is 14.5 Å². The lowest BCUT2D eigenvalue weighted by atomic mass is 10.1. The highest BCUT2D eigenvalue weighted by Crippen LogP contribution is 2.42. The van der Waals surface area contributed by atoms with E-state index in [2.05, 4.69) is 23.8 Å². The van der Waals surface area contributed by atoms with Gasteiger partial charge in [-0.2, -0.15) is 0 Å². The Morgan fingerprint density at radius 2 is 2.20 bits per heavy atom. The Labute approximate surface area is 119 Å². The van der Waals surface area contributed by atoms with Crippen molar-refractivity contribution in [3.63, 3.8) is 0 Å². The van der Waals surface area contributed by atoms with Gasteiger partial charge in [0, 0.05) is 17.5 Å². The normalized spacial score (nSPS) is 15.3. The highest BCUT2D eigenvalue weighted by molar-refractivity contribution is 6.00. The van der Waals surface area contributed by atoms with Crippen LogP contribution in [-0.2, 0) is 6.42 Å². The molecular weight excluding hydrogens is 248 g/mol. The van der Waals surface area contributed by atoms with E-state index in [9.17, 15) is 0 Å². The van der Waals surface area contributed by atoms with Crippen molar-refractivity contribution in [2.45, 2.75) is 45.4 Å². The van der Waals surface area contributed by atoms with Gasteiger partial charge in [-0.25, -0.2) is 9.97 Å². The van der Waals surface area contributed by atoms with Crippen LogP contribution in [0, 0.1) is 5.41 Å². The Morgan fingerprint density at radius 1 is 1.40 bits per heavy atom. The summed E-state index contributed by atoms with van der Waals surface area (Å²) < 4.78 is 1.88. The van der Waals surface area contributed by atoms with Crippen LogP contribution in [0.25, 0.3) is 11.0 Å². The number of rotatable bonds is 4. The molecular formula is C16H20N4. The molecule has 20 heavy (non-hydrogen) atoms. The first-order valence-corrected chi connectivity index (χ1v) is 7.36. The third kappa shape index (κ3) is 2.15. The fraction of sp³-hybridized carbons (Fsp3) is 0.438. The van der Waals surface area contributed by atoms with E-state index in [1.54, 1.807) is 6.33 Å². The first kappa shape index (κ1) is 13.0. The van der Waals surface area contributed by atoms with Crippen LogP contribution in [0.5, 0.6) is 0 Å². The van der Waals surface area contributed by atoms with Crippen molar-refractivity contribution < 1.29 is 0 Å². The Morgan fingerprint density at radius 3 is 2.85 bits per heavy atom. The zero-order valence-electron chi connectivity index (χ0n) is 12.1. The summed E-state index contributed by atoms with van der Waals surface area (Å²) in [6.07, 6.45) is 11.9. The van der Waals surface area contributed by atoms with Crippen molar-refractivity contribution >= 4 is 16.9 Å². The second-order valence-electron chi connectivity index (χ2n) is 5.31. The molecule has 0 saturated heterocycles. The maximum atomic E-state index is 8.21. The van der Waals surface area contributed by atoms with Gasteiger partial charge < -0.3 is 0 Å². The number of hydrogen-bond donors (Lipinski definition) is 1. The van der Waals surface area contributed by atoms with Gasteiger partial charge in [0.05, 0.1) is 5.69 Å². The molecule has 4 nitrogen and oxygen atoms in total. The van der Waals surface area contributed by atoms with Crippen LogP contribution in [0.4, 0.5) is 0 Å². The Balaban J connectivity index is 2.17. The summed E-state index contributed by atoms with van der Waals surface area (Å²) in [7, 11) is 0. The molecule has 1 fully saturated rings. The number of nitrogens with one attached hydrogen (secondary N) is 1. The molecule has 2 aromatic rings. The molecule has 2 aromatic heterocycles. The van der Waals surface area contributed by atoms with Gasteiger partial charge in [-0.3, -0.25) is 9.98 Å².